The number of halogens is 1. The third-order valence-corrected chi connectivity index (χ3v) is 3.65. The fourth-order valence-electron chi connectivity index (χ4n) is 2.29. The summed E-state index contributed by atoms with van der Waals surface area (Å²) in [7, 11) is 0. The first-order valence-electron chi connectivity index (χ1n) is 7.48. The minimum Gasteiger partial charge on any atom is -0.354 e. The first-order chi connectivity index (χ1) is 9.67. The van der Waals surface area contributed by atoms with Crippen LogP contribution in [0.5, 0.6) is 0 Å². The molecule has 1 aromatic heterocycles. The standard InChI is InChI=1S/C15H27FN4/c1-4-19(5-2)10-7-11-20(6-3)15-14(16)13(12-17)8-9-18-15/h8-9H,4-7,10-12,17H2,1-3H3. The molecule has 20 heavy (non-hydrogen) atoms. The molecule has 0 fully saturated rings. The molecule has 0 saturated heterocycles. The number of nitrogens with two attached hydrogens (primary N) is 1. The zero-order valence-electron chi connectivity index (χ0n) is 12.9. The lowest BCUT2D eigenvalue weighted by Crippen LogP contribution is -2.31. The summed E-state index contributed by atoms with van der Waals surface area (Å²) in [5.74, 6) is 0.148. The molecule has 114 valence electrons. The van der Waals surface area contributed by atoms with Crippen molar-refractivity contribution in [3.63, 3.8) is 0 Å². The second kappa shape index (κ2) is 8.87. The SMILES string of the molecule is CCN(CC)CCCN(CC)c1nccc(CN)c1F. The molecule has 0 saturated carbocycles. The third-order valence-electron chi connectivity index (χ3n) is 3.65. The summed E-state index contributed by atoms with van der Waals surface area (Å²) < 4.78 is 14.2. The molecule has 0 amide bonds. The Balaban J connectivity index is 2.67. The number of nitrogens with zero attached hydrogens (tertiary/aromatic N) is 3. The second-order valence-electron chi connectivity index (χ2n) is 4.77. The molecule has 0 aliphatic heterocycles. The van der Waals surface area contributed by atoms with Gasteiger partial charge in [-0.25, -0.2) is 9.37 Å². The van der Waals surface area contributed by atoms with Crippen LogP contribution in [-0.4, -0.2) is 42.6 Å². The van der Waals surface area contributed by atoms with Crippen LogP contribution in [0.25, 0.3) is 0 Å². The van der Waals surface area contributed by atoms with Gasteiger partial charge in [-0.15, -0.1) is 0 Å². The second-order valence-corrected chi connectivity index (χ2v) is 4.77. The molecule has 0 spiro atoms. The van der Waals surface area contributed by atoms with Crippen molar-refractivity contribution < 1.29 is 4.39 Å². The van der Waals surface area contributed by atoms with E-state index in [1.54, 1.807) is 12.3 Å². The zero-order valence-corrected chi connectivity index (χ0v) is 12.9. The van der Waals surface area contributed by atoms with Gasteiger partial charge < -0.3 is 15.5 Å². The van der Waals surface area contributed by atoms with E-state index in [4.69, 9.17) is 5.73 Å². The van der Waals surface area contributed by atoms with Gasteiger partial charge in [-0.05, 0) is 39.0 Å². The molecule has 2 N–H and O–H groups in total. The van der Waals surface area contributed by atoms with Crippen LogP contribution in [0, 0.1) is 5.82 Å². The molecule has 0 aromatic carbocycles. The van der Waals surface area contributed by atoms with E-state index < -0.39 is 0 Å². The van der Waals surface area contributed by atoms with Gasteiger partial charge in [-0.3, -0.25) is 0 Å². The van der Waals surface area contributed by atoms with Crippen LogP contribution in [-0.2, 0) is 6.54 Å². The molecule has 4 nitrogen and oxygen atoms in total. The van der Waals surface area contributed by atoms with Gasteiger partial charge in [-0.2, -0.15) is 0 Å². The van der Waals surface area contributed by atoms with Crippen LogP contribution in [0.4, 0.5) is 10.2 Å². The van der Waals surface area contributed by atoms with Gasteiger partial charge in [0.2, 0.25) is 0 Å². The summed E-state index contributed by atoms with van der Waals surface area (Å²) in [5, 5.41) is 0. The fourth-order valence-corrected chi connectivity index (χ4v) is 2.29. The van der Waals surface area contributed by atoms with Crippen molar-refractivity contribution in [3.05, 3.63) is 23.6 Å². The summed E-state index contributed by atoms with van der Waals surface area (Å²) in [6.45, 7) is 11.2. The number of anilines is 1. The van der Waals surface area contributed by atoms with Crippen molar-refractivity contribution in [2.24, 2.45) is 5.73 Å². The molecule has 0 aliphatic carbocycles. The maximum absolute atomic E-state index is 14.2. The highest BCUT2D eigenvalue weighted by Crippen LogP contribution is 2.19. The summed E-state index contributed by atoms with van der Waals surface area (Å²) >= 11 is 0. The van der Waals surface area contributed by atoms with Crippen molar-refractivity contribution in [2.75, 3.05) is 37.6 Å². The van der Waals surface area contributed by atoms with Crippen LogP contribution < -0.4 is 10.6 Å². The minimum atomic E-state index is -0.278. The predicted molar refractivity (Wildman–Crippen MR) is 82.4 cm³/mol. The van der Waals surface area contributed by atoms with Crippen LogP contribution in [0.15, 0.2) is 12.3 Å². The zero-order chi connectivity index (χ0) is 15.0. The van der Waals surface area contributed by atoms with Crippen LogP contribution in [0.3, 0.4) is 0 Å². The van der Waals surface area contributed by atoms with E-state index in [2.05, 4.69) is 23.7 Å². The fraction of sp³-hybridized carbons (Fsp3) is 0.667. The molecule has 0 atom stereocenters. The average Bonchev–Trinajstić information content (AvgIpc) is 2.48. The monoisotopic (exact) mass is 282 g/mol. The highest BCUT2D eigenvalue weighted by molar-refractivity contribution is 5.42. The number of hydrogen-bond donors (Lipinski definition) is 1. The van der Waals surface area contributed by atoms with Crippen molar-refractivity contribution in [3.8, 4) is 0 Å². The number of rotatable bonds is 9. The average molecular weight is 282 g/mol. The molecular formula is C15H27FN4. The first kappa shape index (κ1) is 16.9. The Morgan fingerprint density at radius 1 is 1.15 bits per heavy atom. The molecule has 0 aliphatic rings. The van der Waals surface area contributed by atoms with Crippen molar-refractivity contribution >= 4 is 5.82 Å². The van der Waals surface area contributed by atoms with Gasteiger partial charge in [0.1, 0.15) is 0 Å². The van der Waals surface area contributed by atoms with E-state index in [-0.39, 0.29) is 12.4 Å². The van der Waals surface area contributed by atoms with Gasteiger partial charge in [0, 0.05) is 31.4 Å². The van der Waals surface area contributed by atoms with Crippen LogP contribution in [0.2, 0.25) is 0 Å². The van der Waals surface area contributed by atoms with Crippen molar-refractivity contribution in [2.45, 2.75) is 33.7 Å². The summed E-state index contributed by atoms with van der Waals surface area (Å²) in [4.78, 5) is 8.53. The molecule has 0 unspecified atom stereocenters. The molecule has 1 aromatic rings. The molecule has 1 heterocycles. The topological polar surface area (TPSA) is 45.4 Å². The van der Waals surface area contributed by atoms with E-state index in [1.165, 1.54) is 0 Å². The number of pyridine rings is 1. The lowest BCUT2D eigenvalue weighted by atomic mass is 10.2. The number of hydrogen-bond acceptors (Lipinski definition) is 4. The Morgan fingerprint density at radius 3 is 2.40 bits per heavy atom. The van der Waals surface area contributed by atoms with Crippen LogP contribution in [0.1, 0.15) is 32.8 Å². The van der Waals surface area contributed by atoms with Gasteiger partial charge >= 0.3 is 0 Å². The van der Waals surface area contributed by atoms with Crippen molar-refractivity contribution in [1.29, 1.82) is 0 Å². The molecule has 5 heteroatoms. The first-order valence-corrected chi connectivity index (χ1v) is 7.48. The third kappa shape index (κ3) is 4.42. The Kier molecular flexibility index (Phi) is 7.47. The summed E-state index contributed by atoms with van der Waals surface area (Å²) in [6.07, 6.45) is 2.64. The van der Waals surface area contributed by atoms with Gasteiger partial charge in [0.15, 0.2) is 11.6 Å². The Morgan fingerprint density at radius 2 is 1.85 bits per heavy atom. The maximum Gasteiger partial charge on any atom is 0.170 e. The van der Waals surface area contributed by atoms with Gasteiger partial charge in [0.05, 0.1) is 0 Å². The smallest absolute Gasteiger partial charge is 0.170 e. The predicted octanol–water partition coefficient (Wildman–Crippen LogP) is 2.24. The van der Waals surface area contributed by atoms with E-state index in [1.807, 2.05) is 11.8 Å². The lowest BCUT2D eigenvalue weighted by molar-refractivity contribution is 0.300. The van der Waals surface area contributed by atoms with Crippen molar-refractivity contribution in [1.82, 2.24) is 9.88 Å². The van der Waals surface area contributed by atoms with Gasteiger partial charge in [-0.1, -0.05) is 13.8 Å². The summed E-state index contributed by atoms with van der Waals surface area (Å²) in [6, 6.07) is 1.64. The highest BCUT2D eigenvalue weighted by atomic mass is 19.1. The lowest BCUT2D eigenvalue weighted by Gasteiger charge is -2.25. The van der Waals surface area contributed by atoms with Crippen LogP contribution >= 0.6 is 0 Å². The Bertz CT molecular complexity index is 393. The molecular weight excluding hydrogens is 255 g/mol. The quantitative estimate of drug-likeness (QED) is 0.754. The van der Waals surface area contributed by atoms with E-state index in [0.717, 1.165) is 39.1 Å². The molecule has 0 radical (unpaired) electrons. The largest absolute Gasteiger partial charge is 0.354 e. The molecule has 1 rings (SSSR count). The summed E-state index contributed by atoms with van der Waals surface area (Å²) in [5.41, 5.74) is 6.07. The van der Waals surface area contributed by atoms with E-state index in [0.29, 0.717) is 11.4 Å². The number of aromatic nitrogens is 1. The minimum absolute atomic E-state index is 0.207. The highest BCUT2D eigenvalue weighted by Gasteiger charge is 2.14. The normalized spacial score (nSPS) is 11.1. The van der Waals surface area contributed by atoms with Gasteiger partial charge in [0.25, 0.3) is 0 Å². The Labute approximate surface area is 121 Å². The Hall–Kier alpha value is -1.20. The molecule has 0 bridgehead atoms. The van der Waals surface area contributed by atoms with E-state index in [9.17, 15) is 4.39 Å². The maximum atomic E-state index is 14.2. The van der Waals surface area contributed by atoms with E-state index >= 15 is 0 Å².